The Balaban J connectivity index is 1.36. The van der Waals surface area contributed by atoms with Crippen LogP contribution < -0.4 is 5.32 Å². The van der Waals surface area contributed by atoms with Crippen LogP contribution in [0.5, 0.6) is 0 Å². The van der Waals surface area contributed by atoms with Crippen LogP contribution in [0.1, 0.15) is 49.8 Å². The number of rotatable bonds is 4. The molecule has 0 saturated heterocycles. The van der Waals surface area contributed by atoms with Crippen molar-refractivity contribution in [3.05, 3.63) is 29.5 Å². The smallest absolute Gasteiger partial charge is 0.226 e. The second-order valence-electron chi connectivity index (χ2n) is 9.16. The fraction of sp³-hybridized carbons (Fsp3) is 0.542. The number of thioether (sulfide) groups is 1. The molecule has 2 atom stereocenters. The van der Waals surface area contributed by atoms with E-state index in [1.165, 1.54) is 21.5 Å². The molecule has 2 unspecified atom stereocenters. The van der Waals surface area contributed by atoms with E-state index >= 15 is 0 Å². The summed E-state index contributed by atoms with van der Waals surface area (Å²) in [4.78, 5) is 33.3. The molecule has 0 bridgehead atoms. The minimum Gasteiger partial charge on any atom is -0.357 e. The average Bonchev–Trinajstić information content (AvgIpc) is 3.48. The van der Waals surface area contributed by atoms with Gasteiger partial charge in [0, 0.05) is 52.9 Å². The maximum absolute atomic E-state index is 13.6. The molecule has 1 aromatic carbocycles. The van der Waals surface area contributed by atoms with E-state index in [1.807, 2.05) is 4.90 Å². The van der Waals surface area contributed by atoms with Crippen LogP contribution >= 0.6 is 11.8 Å². The lowest BCUT2D eigenvalue weighted by atomic mass is 9.77. The Morgan fingerprint density at radius 2 is 2.03 bits per heavy atom. The largest absolute Gasteiger partial charge is 0.357 e. The lowest BCUT2D eigenvalue weighted by Gasteiger charge is -2.36. The quantitative estimate of drug-likeness (QED) is 0.715. The Labute approximate surface area is 186 Å². The van der Waals surface area contributed by atoms with Crippen molar-refractivity contribution in [3.63, 3.8) is 0 Å². The summed E-state index contributed by atoms with van der Waals surface area (Å²) in [6.45, 7) is 1.28. The molecule has 2 heterocycles. The second kappa shape index (κ2) is 7.90. The molecule has 5 rings (SSSR count). The van der Waals surface area contributed by atoms with E-state index in [0.717, 1.165) is 37.6 Å². The molecule has 6 nitrogen and oxygen atoms in total. The highest BCUT2D eigenvalue weighted by atomic mass is 32.2. The van der Waals surface area contributed by atoms with Gasteiger partial charge in [0.15, 0.2) is 0 Å². The molecule has 7 heteroatoms. The Kier molecular flexibility index (Phi) is 5.21. The number of fused-ring (bicyclic) bond motifs is 3. The van der Waals surface area contributed by atoms with Crippen molar-refractivity contribution in [2.24, 2.45) is 11.8 Å². The summed E-state index contributed by atoms with van der Waals surface area (Å²) in [5, 5.41) is 13.5. The summed E-state index contributed by atoms with van der Waals surface area (Å²) in [6, 6.07) is 8.56. The fourth-order valence-electron chi connectivity index (χ4n) is 5.26. The first-order valence-corrected chi connectivity index (χ1v) is 12.5. The normalized spacial score (nSPS) is 24.3. The zero-order chi connectivity index (χ0) is 21.6. The van der Waals surface area contributed by atoms with Crippen molar-refractivity contribution >= 4 is 34.5 Å². The number of amides is 2. The van der Waals surface area contributed by atoms with Gasteiger partial charge in [0.25, 0.3) is 0 Å². The van der Waals surface area contributed by atoms with Gasteiger partial charge in [-0.25, -0.2) is 0 Å². The number of hydrogen-bond donors (Lipinski definition) is 2. The first kappa shape index (κ1) is 20.4. The number of carbonyl (C=O) groups is 2. The predicted molar refractivity (Wildman–Crippen MR) is 120 cm³/mol. The number of nitrogens with one attached hydrogen (secondary N) is 2. The molecule has 0 spiro atoms. The van der Waals surface area contributed by atoms with Gasteiger partial charge in [0.2, 0.25) is 11.8 Å². The Bertz CT molecular complexity index is 1080. The monoisotopic (exact) mass is 436 g/mol. The molecule has 2 N–H and O–H groups in total. The van der Waals surface area contributed by atoms with Crippen LogP contribution in [0.4, 0.5) is 0 Å². The van der Waals surface area contributed by atoms with Crippen molar-refractivity contribution in [1.29, 1.82) is 5.26 Å². The van der Waals surface area contributed by atoms with Gasteiger partial charge in [-0.1, -0.05) is 25.0 Å². The molecule has 3 aliphatic rings. The molecule has 0 radical (unpaired) electrons. The highest BCUT2D eigenvalue weighted by Gasteiger charge is 2.47. The standard InChI is InChI=1S/C24H28N4O2S/c1-31-20-8-4-7-15-18-13-28(12-9-19(18)26-21(15)20)23(30)17-6-3-2-5-16(17)22(29)27-24(14-25)10-11-24/h4,7-8,16-17,26H,2-3,5-6,9-13H2,1H3,(H,27,29). The third kappa shape index (κ3) is 3.61. The van der Waals surface area contributed by atoms with Crippen LogP contribution in [0.15, 0.2) is 23.1 Å². The van der Waals surface area contributed by atoms with Crippen LogP contribution in [0, 0.1) is 23.2 Å². The molecule has 2 aliphatic carbocycles. The fourth-order valence-corrected chi connectivity index (χ4v) is 5.84. The molecule has 1 aliphatic heterocycles. The van der Waals surface area contributed by atoms with Crippen LogP contribution in [0.3, 0.4) is 0 Å². The third-order valence-electron chi connectivity index (χ3n) is 7.25. The number of nitrogens with zero attached hydrogens (tertiary/aromatic N) is 2. The predicted octanol–water partition coefficient (Wildman–Crippen LogP) is 3.75. The first-order chi connectivity index (χ1) is 15.0. The summed E-state index contributed by atoms with van der Waals surface area (Å²) < 4.78 is 0. The molecule has 2 aromatic rings. The number of H-pyrrole nitrogens is 1. The first-order valence-electron chi connectivity index (χ1n) is 11.2. The van der Waals surface area contributed by atoms with Gasteiger partial charge in [-0.05, 0) is 38.0 Å². The lowest BCUT2D eigenvalue weighted by Crippen LogP contribution is -2.48. The van der Waals surface area contributed by atoms with E-state index < -0.39 is 5.54 Å². The topological polar surface area (TPSA) is 89.0 Å². The van der Waals surface area contributed by atoms with Crippen molar-refractivity contribution in [2.45, 2.75) is 61.9 Å². The molecule has 2 fully saturated rings. The minimum atomic E-state index is -0.679. The van der Waals surface area contributed by atoms with E-state index in [-0.39, 0.29) is 23.7 Å². The molecular formula is C24H28N4O2S. The summed E-state index contributed by atoms with van der Waals surface area (Å²) >= 11 is 1.73. The van der Waals surface area contributed by atoms with Crippen molar-refractivity contribution in [1.82, 2.24) is 15.2 Å². The maximum atomic E-state index is 13.6. The molecule has 2 saturated carbocycles. The highest BCUT2D eigenvalue weighted by molar-refractivity contribution is 7.98. The van der Waals surface area contributed by atoms with Crippen LogP contribution in [-0.2, 0) is 22.6 Å². The number of nitriles is 1. The maximum Gasteiger partial charge on any atom is 0.226 e. The van der Waals surface area contributed by atoms with E-state index in [0.29, 0.717) is 25.9 Å². The van der Waals surface area contributed by atoms with Gasteiger partial charge in [-0.15, -0.1) is 11.8 Å². The van der Waals surface area contributed by atoms with Crippen molar-refractivity contribution in [3.8, 4) is 6.07 Å². The number of benzene rings is 1. The van der Waals surface area contributed by atoms with Gasteiger partial charge >= 0.3 is 0 Å². The van der Waals surface area contributed by atoms with Crippen LogP contribution in [0.2, 0.25) is 0 Å². The van der Waals surface area contributed by atoms with Crippen molar-refractivity contribution < 1.29 is 9.59 Å². The molecule has 1 aromatic heterocycles. The highest BCUT2D eigenvalue weighted by Crippen LogP contribution is 2.38. The summed E-state index contributed by atoms with van der Waals surface area (Å²) in [5.41, 5.74) is 2.92. The number of para-hydroxylation sites is 1. The SMILES string of the molecule is CSc1cccc2c3c([nH]c12)CCN(C(=O)C1CCCCC1C(=O)NC1(C#N)CC1)C3. The van der Waals surface area contributed by atoms with E-state index in [2.05, 4.69) is 40.8 Å². The van der Waals surface area contributed by atoms with Crippen LogP contribution in [0.25, 0.3) is 10.9 Å². The number of aromatic nitrogens is 1. The van der Waals surface area contributed by atoms with Gasteiger partial charge in [0.1, 0.15) is 5.54 Å². The zero-order valence-electron chi connectivity index (χ0n) is 17.9. The number of hydrogen-bond acceptors (Lipinski definition) is 4. The number of aromatic amines is 1. The zero-order valence-corrected chi connectivity index (χ0v) is 18.7. The Hall–Kier alpha value is -2.46. The Morgan fingerprint density at radius 3 is 2.74 bits per heavy atom. The Morgan fingerprint density at radius 1 is 1.26 bits per heavy atom. The molecule has 2 amide bonds. The van der Waals surface area contributed by atoms with Gasteiger partial charge in [0.05, 0.1) is 11.6 Å². The molecular weight excluding hydrogens is 408 g/mol. The summed E-state index contributed by atoms with van der Waals surface area (Å²) in [5.74, 6) is -0.606. The third-order valence-corrected chi connectivity index (χ3v) is 8.03. The van der Waals surface area contributed by atoms with E-state index in [9.17, 15) is 14.9 Å². The second-order valence-corrected chi connectivity index (χ2v) is 10.0. The minimum absolute atomic E-state index is 0.0997. The van der Waals surface area contributed by atoms with E-state index in [4.69, 9.17) is 0 Å². The van der Waals surface area contributed by atoms with Gasteiger partial charge < -0.3 is 15.2 Å². The molecule has 162 valence electrons. The van der Waals surface area contributed by atoms with Gasteiger partial charge in [-0.3, -0.25) is 9.59 Å². The number of carbonyl (C=O) groups excluding carboxylic acids is 2. The molecule has 31 heavy (non-hydrogen) atoms. The van der Waals surface area contributed by atoms with Gasteiger partial charge in [-0.2, -0.15) is 5.26 Å². The summed E-state index contributed by atoms with van der Waals surface area (Å²) in [6.07, 6.45) is 7.75. The lowest BCUT2D eigenvalue weighted by molar-refractivity contribution is -0.144. The van der Waals surface area contributed by atoms with Crippen LogP contribution in [-0.4, -0.2) is 40.0 Å². The van der Waals surface area contributed by atoms with E-state index in [1.54, 1.807) is 11.8 Å². The van der Waals surface area contributed by atoms with Crippen molar-refractivity contribution in [2.75, 3.05) is 12.8 Å². The summed E-state index contributed by atoms with van der Waals surface area (Å²) in [7, 11) is 0. The average molecular weight is 437 g/mol.